The number of aromatic nitrogens is 3. The fraction of sp³-hybridized carbons (Fsp3) is 0.308. The molecule has 2 atom stereocenters. The first kappa shape index (κ1) is 25.5. The number of carbonyl (C=O) groups excluding carboxylic acids is 3. The van der Waals surface area contributed by atoms with E-state index in [1.54, 1.807) is 24.3 Å². The second-order valence-electron chi connectivity index (χ2n) is 8.82. The molecule has 0 aliphatic carbocycles. The third-order valence-corrected chi connectivity index (χ3v) is 6.12. The van der Waals surface area contributed by atoms with E-state index in [0.29, 0.717) is 23.7 Å². The Morgan fingerprint density at radius 2 is 1.89 bits per heavy atom. The van der Waals surface area contributed by atoms with Crippen LogP contribution in [0.15, 0.2) is 54.6 Å². The minimum Gasteiger partial charge on any atom is -0.457 e. The number of ether oxygens (including phenoxy) is 1. The van der Waals surface area contributed by atoms with Crippen molar-refractivity contribution in [2.75, 3.05) is 16.8 Å². The molecule has 2 amide bonds. The number of amides is 2. The molecule has 1 aliphatic heterocycles. The standard InChI is InChI=1S/C26H29N7O4/c1-16-21(28-17(2)34)12-7-13-33(16)26-30-24(22(23(27)35)31-32-26)29-20-11-6-10-19(14-20)25(36)37-15-18-8-4-3-5-9-18/h3-6,8-11,14,16,21H,7,12-13,15H2,1-2H3,(H2,27,35)(H,28,34)(H,29,30,32)/t16-,21-/m1/s1. The lowest BCUT2D eigenvalue weighted by Gasteiger charge is -2.39. The number of nitrogens with two attached hydrogens (primary N) is 1. The van der Waals surface area contributed by atoms with Crippen molar-refractivity contribution in [1.29, 1.82) is 0 Å². The van der Waals surface area contributed by atoms with Crippen LogP contribution >= 0.6 is 0 Å². The number of carbonyl (C=O) groups is 3. The summed E-state index contributed by atoms with van der Waals surface area (Å²) in [7, 11) is 0. The highest BCUT2D eigenvalue weighted by molar-refractivity contribution is 5.96. The predicted octanol–water partition coefficient (Wildman–Crippen LogP) is 2.56. The molecule has 0 unspecified atom stereocenters. The van der Waals surface area contributed by atoms with Gasteiger partial charge in [-0.3, -0.25) is 9.59 Å². The van der Waals surface area contributed by atoms with Crippen molar-refractivity contribution in [3.63, 3.8) is 0 Å². The van der Waals surface area contributed by atoms with Crippen LogP contribution in [0.1, 0.15) is 53.1 Å². The monoisotopic (exact) mass is 503 g/mol. The van der Waals surface area contributed by atoms with Gasteiger partial charge >= 0.3 is 5.97 Å². The number of anilines is 3. The first-order valence-corrected chi connectivity index (χ1v) is 12.0. The smallest absolute Gasteiger partial charge is 0.338 e. The van der Waals surface area contributed by atoms with Crippen LogP contribution in [0, 0.1) is 0 Å². The van der Waals surface area contributed by atoms with E-state index in [1.807, 2.05) is 42.2 Å². The molecular weight excluding hydrogens is 474 g/mol. The van der Waals surface area contributed by atoms with Gasteiger partial charge in [-0.25, -0.2) is 4.79 Å². The van der Waals surface area contributed by atoms with Crippen LogP contribution in [0.25, 0.3) is 0 Å². The number of rotatable bonds is 8. The zero-order valence-electron chi connectivity index (χ0n) is 20.7. The van der Waals surface area contributed by atoms with Crippen molar-refractivity contribution in [2.45, 2.75) is 45.4 Å². The predicted molar refractivity (Wildman–Crippen MR) is 137 cm³/mol. The van der Waals surface area contributed by atoms with Crippen molar-refractivity contribution < 1.29 is 19.1 Å². The molecule has 0 bridgehead atoms. The Labute approximate surface area is 214 Å². The van der Waals surface area contributed by atoms with Gasteiger partial charge in [-0.1, -0.05) is 36.4 Å². The quantitative estimate of drug-likeness (QED) is 0.394. The lowest BCUT2D eigenvalue weighted by molar-refractivity contribution is -0.119. The van der Waals surface area contributed by atoms with Crippen LogP contribution in [0.4, 0.5) is 17.5 Å². The lowest BCUT2D eigenvalue weighted by atomic mass is 9.98. The van der Waals surface area contributed by atoms with Gasteiger partial charge in [0, 0.05) is 31.2 Å². The largest absolute Gasteiger partial charge is 0.457 e. The zero-order valence-corrected chi connectivity index (χ0v) is 20.7. The molecular formula is C26H29N7O4. The number of benzene rings is 2. The second kappa shape index (κ2) is 11.5. The van der Waals surface area contributed by atoms with Gasteiger partial charge in [0.2, 0.25) is 11.9 Å². The van der Waals surface area contributed by atoms with E-state index < -0.39 is 11.9 Å². The number of nitrogens with one attached hydrogen (secondary N) is 2. The summed E-state index contributed by atoms with van der Waals surface area (Å²) in [5.41, 5.74) is 7.08. The van der Waals surface area contributed by atoms with Gasteiger partial charge in [0.1, 0.15) is 6.61 Å². The van der Waals surface area contributed by atoms with E-state index in [0.717, 1.165) is 18.4 Å². The Bertz CT molecular complexity index is 1280. The van der Waals surface area contributed by atoms with Crippen LogP contribution in [0.2, 0.25) is 0 Å². The number of nitrogens with zero attached hydrogens (tertiary/aromatic N) is 4. The topological polar surface area (TPSA) is 152 Å². The van der Waals surface area contributed by atoms with Gasteiger partial charge in [-0.15, -0.1) is 10.2 Å². The summed E-state index contributed by atoms with van der Waals surface area (Å²) in [5.74, 6) is -0.980. The number of piperidine rings is 1. The van der Waals surface area contributed by atoms with E-state index in [9.17, 15) is 14.4 Å². The highest BCUT2D eigenvalue weighted by Crippen LogP contribution is 2.25. The number of hydrogen-bond donors (Lipinski definition) is 3. The third kappa shape index (κ3) is 6.37. The van der Waals surface area contributed by atoms with E-state index in [-0.39, 0.29) is 36.1 Å². The van der Waals surface area contributed by atoms with E-state index in [2.05, 4.69) is 25.8 Å². The Morgan fingerprint density at radius 3 is 2.62 bits per heavy atom. The van der Waals surface area contributed by atoms with E-state index in [4.69, 9.17) is 10.5 Å². The molecule has 11 heteroatoms. The summed E-state index contributed by atoms with van der Waals surface area (Å²) >= 11 is 0. The van der Waals surface area contributed by atoms with Crippen LogP contribution < -0.4 is 21.3 Å². The second-order valence-corrected chi connectivity index (χ2v) is 8.82. The Kier molecular flexibility index (Phi) is 7.92. The summed E-state index contributed by atoms with van der Waals surface area (Å²) in [5, 5.41) is 14.2. The Morgan fingerprint density at radius 1 is 1.11 bits per heavy atom. The molecule has 2 aromatic carbocycles. The maximum absolute atomic E-state index is 12.6. The van der Waals surface area contributed by atoms with Crippen molar-refractivity contribution in [3.05, 3.63) is 71.4 Å². The maximum Gasteiger partial charge on any atom is 0.338 e. The summed E-state index contributed by atoms with van der Waals surface area (Å²) < 4.78 is 5.41. The highest BCUT2D eigenvalue weighted by atomic mass is 16.5. The zero-order chi connectivity index (χ0) is 26.4. The average molecular weight is 504 g/mol. The van der Waals surface area contributed by atoms with Gasteiger partial charge in [-0.05, 0) is 43.5 Å². The first-order chi connectivity index (χ1) is 17.8. The molecule has 4 rings (SSSR count). The normalized spacial score (nSPS) is 17.1. The SMILES string of the molecule is CC(=O)N[C@@H]1CCCN(c2nnc(C(N)=O)c(Nc3cccc(C(=O)OCc4ccccc4)c3)n2)[C@@H]1C. The van der Waals surface area contributed by atoms with Gasteiger partial charge in [0.05, 0.1) is 5.56 Å². The minimum atomic E-state index is -0.796. The molecule has 1 saturated heterocycles. The summed E-state index contributed by atoms with van der Waals surface area (Å²) in [6.07, 6.45) is 1.66. The van der Waals surface area contributed by atoms with Crippen molar-refractivity contribution >= 4 is 35.2 Å². The number of hydrogen-bond acceptors (Lipinski definition) is 9. The van der Waals surface area contributed by atoms with E-state index in [1.165, 1.54) is 6.92 Å². The molecule has 3 aromatic rings. The molecule has 0 radical (unpaired) electrons. The first-order valence-electron chi connectivity index (χ1n) is 12.0. The number of primary amides is 1. The van der Waals surface area contributed by atoms with Crippen LogP contribution in [-0.4, -0.2) is 51.6 Å². The van der Waals surface area contributed by atoms with Gasteiger partial charge in [0.15, 0.2) is 11.5 Å². The van der Waals surface area contributed by atoms with Crippen LogP contribution in [0.3, 0.4) is 0 Å². The minimum absolute atomic E-state index is 0.0688. The molecule has 1 fully saturated rings. The molecule has 4 N–H and O–H groups in total. The molecule has 0 spiro atoms. The molecule has 0 saturated carbocycles. The summed E-state index contributed by atoms with van der Waals surface area (Å²) in [4.78, 5) is 42.7. The fourth-order valence-electron chi connectivity index (χ4n) is 4.24. The molecule has 37 heavy (non-hydrogen) atoms. The van der Waals surface area contributed by atoms with Gasteiger partial charge in [-0.2, -0.15) is 4.98 Å². The summed E-state index contributed by atoms with van der Waals surface area (Å²) in [6.45, 7) is 4.27. The highest BCUT2D eigenvalue weighted by Gasteiger charge is 2.31. The molecule has 1 aromatic heterocycles. The van der Waals surface area contributed by atoms with Crippen molar-refractivity contribution in [2.24, 2.45) is 5.73 Å². The molecule has 11 nitrogen and oxygen atoms in total. The van der Waals surface area contributed by atoms with Crippen molar-refractivity contribution in [1.82, 2.24) is 20.5 Å². The number of esters is 1. The Hall–Kier alpha value is -4.54. The lowest BCUT2D eigenvalue weighted by Crippen LogP contribution is -2.54. The van der Waals surface area contributed by atoms with Gasteiger partial charge < -0.3 is 26.0 Å². The molecule has 2 heterocycles. The van der Waals surface area contributed by atoms with Crippen LogP contribution in [0.5, 0.6) is 0 Å². The molecule has 1 aliphatic rings. The third-order valence-electron chi connectivity index (χ3n) is 6.12. The molecule has 192 valence electrons. The van der Waals surface area contributed by atoms with Gasteiger partial charge in [0.25, 0.3) is 5.91 Å². The summed E-state index contributed by atoms with van der Waals surface area (Å²) in [6, 6.07) is 15.9. The van der Waals surface area contributed by atoms with E-state index >= 15 is 0 Å². The maximum atomic E-state index is 12.6. The fourth-order valence-corrected chi connectivity index (χ4v) is 4.24. The van der Waals surface area contributed by atoms with Crippen LogP contribution in [-0.2, 0) is 16.1 Å². The Balaban J connectivity index is 1.54. The van der Waals surface area contributed by atoms with Crippen molar-refractivity contribution in [3.8, 4) is 0 Å². The average Bonchev–Trinajstić information content (AvgIpc) is 2.89.